The van der Waals surface area contributed by atoms with Gasteiger partial charge in [0, 0.05) is 33.0 Å². The van der Waals surface area contributed by atoms with Crippen LogP contribution in [0.2, 0.25) is 0 Å². The number of hydrogen-bond donors (Lipinski definition) is 0. The largest absolute Gasteiger partial charge is 0.247 e. The van der Waals surface area contributed by atoms with Crippen LogP contribution in [0.5, 0.6) is 0 Å². The quantitative estimate of drug-likeness (QED) is 0.163. The predicted molar refractivity (Wildman–Crippen MR) is 223 cm³/mol. The third-order valence-electron chi connectivity index (χ3n) is 10.1. The zero-order valence-electron chi connectivity index (χ0n) is 29.3. The Hall–Kier alpha value is -7.30. The fourth-order valence-corrected chi connectivity index (χ4v) is 7.41. The minimum absolute atomic E-state index is 0.623. The van der Waals surface area contributed by atoms with E-state index in [-0.39, 0.29) is 0 Å². The summed E-state index contributed by atoms with van der Waals surface area (Å²) in [7, 11) is 0. The summed E-state index contributed by atoms with van der Waals surface area (Å²) in [6.45, 7) is 0. The molecule has 0 spiro atoms. The lowest BCUT2D eigenvalue weighted by molar-refractivity contribution is 1.07. The lowest BCUT2D eigenvalue weighted by Crippen LogP contribution is -2.00. The van der Waals surface area contributed by atoms with Crippen LogP contribution in [0, 0.1) is 0 Å². The van der Waals surface area contributed by atoms with Gasteiger partial charge < -0.3 is 0 Å². The Bertz CT molecular complexity index is 2970. The maximum absolute atomic E-state index is 5.30. The van der Waals surface area contributed by atoms with E-state index < -0.39 is 0 Å². The molecular formula is C50H32N4. The summed E-state index contributed by atoms with van der Waals surface area (Å²) in [5, 5.41) is 5.93. The Morgan fingerprint density at radius 3 is 1.46 bits per heavy atom. The van der Waals surface area contributed by atoms with Gasteiger partial charge in [-0.1, -0.05) is 176 Å². The summed E-state index contributed by atoms with van der Waals surface area (Å²) in [4.78, 5) is 20.3. The van der Waals surface area contributed by atoms with Crippen LogP contribution in [0.4, 0.5) is 0 Å². The van der Waals surface area contributed by atoms with Crippen molar-refractivity contribution in [3.8, 4) is 67.7 Å². The highest BCUT2D eigenvalue weighted by Crippen LogP contribution is 2.38. The molecule has 0 aliphatic carbocycles. The number of nitrogens with zero attached hydrogens (tertiary/aromatic N) is 4. The second kappa shape index (κ2) is 13.4. The van der Waals surface area contributed by atoms with Gasteiger partial charge in [0.2, 0.25) is 0 Å². The van der Waals surface area contributed by atoms with E-state index in [0.717, 1.165) is 55.5 Å². The summed E-state index contributed by atoms with van der Waals surface area (Å²) in [6.07, 6.45) is 0. The molecule has 0 atom stereocenters. The van der Waals surface area contributed by atoms with E-state index in [9.17, 15) is 0 Å². The Labute approximate surface area is 313 Å². The molecule has 10 aromatic rings. The molecule has 252 valence electrons. The highest BCUT2D eigenvalue weighted by Gasteiger charge is 2.16. The molecule has 0 N–H and O–H groups in total. The molecule has 0 saturated carbocycles. The first-order valence-corrected chi connectivity index (χ1v) is 18.1. The Kier molecular flexibility index (Phi) is 7.77. The molecule has 0 saturated heterocycles. The summed E-state index contributed by atoms with van der Waals surface area (Å²) in [5.41, 5.74) is 10.3. The Morgan fingerprint density at radius 1 is 0.259 bits per heavy atom. The second-order valence-electron chi connectivity index (χ2n) is 13.5. The van der Waals surface area contributed by atoms with E-state index in [1.807, 2.05) is 36.4 Å². The fraction of sp³-hybridized carbons (Fsp3) is 0. The van der Waals surface area contributed by atoms with Crippen LogP contribution in [0.25, 0.3) is 100 Å². The van der Waals surface area contributed by atoms with Crippen molar-refractivity contribution in [2.24, 2.45) is 0 Å². The molecule has 54 heavy (non-hydrogen) atoms. The Balaban J connectivity index is 1.08. The van der Waals surface area contributed by atoms with E-state index >= 15 is 0 Å². The number of benzene rings is 8. The fourth-order valence-electron chi connectivity index (χ4n) is 7.41. The first-order valence-electron chi connectivity index (χ1n) is 18.1. The standard InChI is InChI=1S/C50H32N4/c1-3-13-33(14-4-1)34-25-27-37(28-26-34)49-52-48(36-16-5-2-6-17-36)53-50(54-49)41-21-12-19-39(32-41)38-18-11-20-40(31-38)47-46-42-22-8-7-15-35(42)29-30-44(46)43-23-9-10-24-45(43)51-47/h1-32H. The van der Waals surface area contributed by atoms with Crippen molar-refractivity contribution in [2.45, 2.75) is 0 Å². The normalized spacial score (nSPS) is 11.3. The smallest absolute Gasteiger partial charge is 0.164 e. The summed E-state index contributed by atoms with van der Waals surface area (Å²) in [6, 6.07) is 67.5. The second-order valence-corrected chi connectivity index (χ2v) is 13.5. The van der Waals surface area contributed by atoms with Crippen LogP contribution >= 0.6 is 0 Å². The maximum Gasteiger partial charge on any atom is 0.164 e. The van der Waals surface area contributed by atoms with Gasteiger partial charge in [0.05, 0.1) is 11.2 Å². The van der Waals surface area contributed by atoms with E-state index in [2.05, 4.69) is 158 Å². The van der Waals surface area contributed by atoms with Crippen LogP contribution in [-0.4, -0.2) is 19.9 Å². The number of hydrogen-bond acceptors (Lipinski definition) is 4. The highest BCUT2D eigenvalue weighted by atomic mass is 15.0. The molecule has 0 aliphatic heterocycles. The monoisotopic (exact) mass is 688 g/mol. The number of para-hydroxylation sites is 1. The molecule has 0 bridgehead atoms. The molecule has 0 fully saturated rings. The molecule has 0 radical (unpaired) electrons. The molecule has 2 aromatic heterocycles. The topological polar surface area (TPSA) is 51.6 Å². The van der Waals surface area contributed by atoms with Crippen LogP contribution in [-0.2, 0) is 0 Å². The zero-order valence-corrected chi connectivity index (χ0v) is 29.3. The average molecular weight is 689 g/mol. The number of aromatic nitrogens is 4. The minimum atomic E-state index is 0.623. The van der Waals surface area contributed by atoms with Crippen LogP contribution < -0.4 is 0 Å². The highest BCUT2D eigenvalue weighted by molar-refractivity contribution is 6.21. The summed E-state index contributed by atoms with van der Waals surface area (Å²) < 4.78 is 0. The summed E-state index contributed by atoms with van der Waals surface area (Å²) >= 11 is 0. The number of pyridine rings is 1. The van der Waals surface area contributed by atoms with Gasteiger partial charge in [-0.05, 0) is 56.6 Å². The van der Waals surface area contributed by atoms with Crippen molar-refractivity contribution in [1.82, 2.24) is 19.9 Å². The first-order chi connectivity index (χ1) is 26.7. The van der Waals surface area contributed by atoms with Crippen molar-refractivity contribution >= 4 is 32.4 Å². The lowest BCUT2D eigenvalue weighted by atomic mass is 9.93. The average Bonchev–Trinajstić information content (AvgIpc) is 3.26. The molecular weight excluding hydrogens is 657 g/mol. The van der Waals surface area contributed by atoms with Crippen molar-refractivity contribution < 1.29 is 0 Å². The van der Waals surface area contributed by atoms with Gasteiger partial charge >= 0.3 is 0 Å². The number of fused-ring (bicyclic) bond motifs is 5. The van der Waals surface area contributed by atoms with Crippen molar-refractivity contribution in [1.29, 1.82) is 0 Å². The number of rotatable bonds is 6. The van der Waals surface area contributed by atoms with Crippen LogP contribution in [0.1, 0.15) is 0 Å². The molecule has 0 aliphatic rings. The molecule has 0 unspecified atom stereocenters. The molecule has 10 rings (SSSR count). The predicted octanol–water partition coefficient (Wildman–Crippen LogP) is 12.7. The SMILES string of the molecule is c1ccc(-c2ccc(-c3nc(-c4ccccc4)nc(-c4cccc(-c5cccc(-c6nc7ccccc7c7ccc8ccccc8c67)c5)c4)n3)cc2)cc1. The van der Waals surface area contributed by atoms with Crippen molar-refractivity contribution in [2.75, 3.05) is 0 Å². The first kappa shape index (κ1) is 31.4. The molecule has 4 heteroatoms. The van der Waals surface area contributed by atoms with Gasteiger partial charge in [0.15, 0.2) is 17.5 Å². The van der Waals surface area contributed by atoms with Crippen molar-refractivity contribution in [3.05, 3.63) is 194 Å². The van der Waals surface area contributed by atoms with Gasteiger partial charge in [-0.15, -0.1) is 0 Å². The third-order valence-corrected chi connectivity index (χ3v) is 10.1. The maximum atomic E-state index is 5.30. The van der Waals surface area contributed by atoms with Gasteiger partial charge in [-0.25, -0.2) is 19.9 Å². The van der Waals surface area contributed by atoms with Crippen LogP contribution in [0.3, 0.4) is 0 Å². The van der Waals surface area contributed by atoms with Gasteiger partial charge in [0.25, 0.3) is 0 Å². The zero-order chi connectivity index (χ0) is 35.8. The van der Waals surface area contributed by atoms with E-state index in [4.69, 9.17) is 19.9 Å². The van der Waals surface area contributed by atoms with Gasteiger partial charge in [0.1, 0.15) is 0 Å². The Morgan fingerprint density at radius 2 is 0.741 bits per heavy atom. The summed E-state index contributed by atoms with van der Waals surface area (Å²) in [5.74, 6) is 1.89. The van der Waals surface area contributed by atoms with E-state index in [1.165, 1.54) is 27.1 Å². The van der Waals surface area contributed by atoms with Gasteiger partial charge in [-0.2, -0.15) is 0 Å². The van der Waals surface area contributed by atoms with Crippen molar-refractivity contribution in [3.63, 3.8) is 0 Å². The lowest BCUT2D eigenvalue weighted by Gasteiger charge is -2.14. The van der Waals surface area contributed by atoms with E-state index in [0.29, 0.717) is 17.5 Å². The van der Waals surface area contributed by atoms with E-state index in [1.54, 1.807) is 0 Å². The minimum Gasteiger partial charge on any atom is -0.247 e. The van der Waals surface area contributed by atoms with Crippen LogP contribution in [0.15, 0.2) is 194 Å². The molecule has 0 amide bonds. The molecule has 2 heterocycles. The molecule has 4 nitrogen and oxygen atoms in total. The molecule has 8 aromatic carbocycles. The van der Waals surface area contributed by atoms with Gasteiger partial charge in [-0.3, -0.25) is 0 Å². The third kappa shape index (κ3) is 5.76.